The van der Waals surface area contributed by atoms with E-state index < -0.39 is 0 Å². The molecular weight excluding hydrogens is 266 g/mol. The fourth-order valence-electron chi connectivity index (χ4n) is 2.98. The third-order valence-corrected chi connectivity index (χ3v) is 4.07. The van der Waals surface area contributed by atoms with Crippen LogP contribution in [-0.2, 0) is 4.79 Å². The molecule has 2 unspecified atom stereocenters. The van der Waals surface area contributed by atoms with E-state index in [1.54, 1.807) is 7.11 Å². The van der Waals surface area contributed by atoms with Gasteiger partial charge in [-0.2, -0.15) is 0 Å². The van der Waals surface area contributed by atoms with Gasteiger partial charge in [-0.25, -0.2) is 0 Å². The summed E-state index contributed by atoms with van der Waals surface area (Å²) in [6, 6.07) is 5.99. The van der Waals surface area contributed by atoms with Crippen LogP contribution in [0.1, 0.15) is 32.6 Å². The second kappa shape index (κ2) is 7.31. The van der Waals surface area contributed by atoms with E-state index in [-0.39, 0.29) is 5.91 Å². The van der Waals surface area contributed by atoms with Crippen molar-refractivity contribution >= 4 is 17.3 Å². The zero-order valence-electron chi connectivity index (χ0n) is 12.8. The van der Waals surface area contributed by atoms with Gasteiger partial charge in [0.1, 0.15) is 5.75 Å². The van der Waals surface area contributed by atoms with Crippen molar-refractivity contribution in [2.45, 2.75) is 38.6 Å². The van der Waals surface area contributed by atoms with Gasteiger partial charge in [-0.15, -0.1) is 0 Å². The highest BCUT2D eigenvalue weighted by molar-refractivity contribution is 5.89. The van der Waals surface area contributed by atoms with Gasteiger partial charge in [-0.1, -0.05) is 12.8 Å². The number of amides is 1. The molecule has 0 bridgehead atoms. The fourth-order valence-corrected chi connectivity index (χ4v) is 2.98. The molecule has 0 saturated heterocycles. The number of carbonyl (C=O) groups is 1. The molecule has 21 heavy (non-hydrogen) atoms. The van der Waals surface area contributed by atoms with Crippen LogP contribution in [0.25, 0.3) is 0 Å². The minimum atomic E-state index is -0.0800. The molecule has 4 N–H and O–H groups in total. The van der Waals surface area contributed by atoms with E-state index in [0.717, 1.165) is 23.5 Å². The molecule has 0 aliphatic heterocycles. The van der Waals surface area contributed by atoms with E-state index >= 15 is 0 Å². The Bertz CT molecular complexity index is 490. The van der Waals surface area contributed by atoms with Gasteiger partial charge in [-0.05, 0) is 43.5 Å². The van der Waals surface area contributed by atoms with E-state index in [2.05, 4.69) is 10.6 Å². The van der Waals surface area contributed by atoms with Crippen LogP contribution in [0.15, 0.2) is 18.2 Å². The molecule has 1 saturated carbocycles. The van der Waals surface area contributed by atoms with Gasteiger partial charge in [-0.3, -0.25) is 4.79 Å². The number of hydrogen-bond acceptors (Lipinski definition) is 4. The van der Waals surface area contributed by atoms with Gasteiger partial charge in [0.25, 0.3) is 0 Å². The van der Waals surface area contributed by atoms with Gasteiger partial charge in [0.15, 0.2) is 0 Å². The third kappa shape index (κ3) is 4.11. The molecule has 1 amide bonds. The maximum atomic E-state index is 11.2. The van der Waals surface area contributed by atoms with Crippen LogP contribution in [0.5, 0.6) is 5.75 Å². The summed E-state index contributed by atoms with van der Waals surface area (Å²) in [7, 11) is 1.65. The average molecular weight is 291 g/mol. The Balaban J connectivity index is 2.17. The number of hydrogen-bond donors (Lipinski definition) is 3. The Hall–Kier alpha value is -1.75. The molecule has 2 rings (SSSR count). The number of nitrogens with two attached hydrogens (primary N) is 1. The Labute approximate surface area is 126 Å². The molecule has 116 valence electrons. The van der Waals surface area contributed by atoms with E-state index in [0.29, 0.717) is 18.5 Å². The summed E-state index contributed by atoms with van der Waals surface area (Å²) >= 11 is 0. The van der Waals surface area contributed by atoms with Crippen LogP contribution in [0.3, 0.4) is 0 Å². The molecule has 1 aromatic carbocycles. The maximum Gasteiger partial charge on any atom is 0.221 e. The van der Waals surface area contributed by atoms with Crippen molar-refractivity contribution in [3.8, 4) is 5.75 Å². The molecule has 5 heteroatoms. The van der Waals surface area contributed by atoms with Gasteiger partial charge in [0.2, 0.25) is 5.91 Å². The molecule has 5 nitrogen and oxygen atoms in total. The molecule has 1 fully saturated rings. The summed E-state index contributed by atoms with van der Waals surface area (Å²) in [5, 5.41) is 6.36. The van der Waals surface area contributed by atoms with Crippen LogP contribution in [-0.4, -0.2) is 25.6 Å². The second-order valence-electron chi connectivity index (χ2n) is 5.63. The van der Waals surface area contributed by atoms with Crippen LogP contribution < -0.4 is 21.1 Å². The summed E-state index contributed by atoms with van der Waals surface area (Å²) in [5.74, 6) is 1.20. The van der Waals surface area contributed by atoms with E-state index in [4.69, 9.17) is 10.5 Å². The van der Waals surface area contributed by atoms with E-state index in [1.165, 1.54) is 26.2 Å². The first kappa shape index (κ1) is 15.6. The lowest BCUT2D eigenvalue weighted by Gasteiger charge is -2.32. The Morgan fingerprint density at radius 1 is 1.38 bits per heavy atom. The molecule has 0 radical (unpaired) electrons. The highest BCUT2D eigenvalue weighted by atomic mass is 16.5. The number of rotatable bonds is 5. The summed E-state index contributed by atoms with van der Waals surface area (Å²) < 4.78 is 5.41. The lowest BCUT2D eigenvalue weighted by molar-refractivity contribution is -0.114. The highest BCUT2D eigenvalue weighted by Gasteiger charge is 2.24. The standard InChI is InChI=1S/C16H25N3O2/c1-11(20)18-13-7-8-16(21-2)15(9-13)19-14-6-4-3-5-12(14)10-17/h7-9,12,14,19H,3-6,10,17H2,1-2H3,(H,18,20). The topological polar surface area (TPSA) is 76.4 Å². The van der Waals surface area contributed by atoms with Crippen molar-refractivity contribution < 1.29 is 9.53 Å². The zero-order chi connectivity index (χ0) is 15.2. The third-order valence-electron chi connectivity index (χ3n) is 4.07. The molecule has 0 heterocycles. The first-order chi connectivity index (χ1) is 10.1. The van der Waals surface area contributed by atoms with Gasteiger partial charge >= 0.3 is 0 Å². The summed E-state index contributed by atoms with van der Waals surface area (Å²) in [5.41, 5.74) is 7.57. The van der Waals surface area contributed by atoms with Gasteiger partial charge < -0.3 is 21.1 Å². The van der Waals surface area contributed by atoms with Gasteiger partial charge in [0, 0.05) is 18.7 Å². The van der Waals surface area contributed by atoms with Crippen LogP contribution in [0.2, 0.25) is 0 Å². The fraction of sp³-hybridized carbons (Fsp3) is 0.562. The Morgan fingerprint density at radius 2 is 2.14 bits per heavy atom. The molecule has 1 aliphatic carbocycles. The predicted molar refractivity (Wildman–Crippen MR) is 85.7 cm³/mol. The largest absolute Gasteiger partial charge is 0.495 e. The Morgan fingerprint density at radius 3 is 2.81 bits per heavy atom. The number of ether oxygens (including phenoxy) is 1. The van der Waals surface area contributed by atoms with Crippen LogP contribution in [0, 0.1) is 5.92 Å². The molecule has 1 aliphatic rings. The SMILES string of the molecule is COc1ccc(NC(C)=O)cc1NC1CCCCC1CN. The lowest BCUT2D eigenvalue weighted by Crippen LogP contribution is -2.36. The lowest BCUT2D eigenvalue weighted by atomic mass is 9.84. The second-order valence-corrected chi connectivity index (χ2v) is 5.63. The van der Waals surface area contributed by atoms with Crippen molar-refractivity contribution in [3.63, 3.8) is 0 Å². The van der Waals surface area contributed by atoms with E-state index in [9.17, 15) is 4.79 Å². The number of methoxy groups -OCH3 is 1. The highest BCUT2D eigenvalue weighted by Crippen LogP contribution is 2.32. The number of carbonyl (C=O) groups excluding carboxylic acids is 1. The summed E-state index contributed by atoms with van der Waals surface area (Å²) in [6.07, 6.45) is 4.77. The van der Waals surface area contributed by atoms with Crippen molar-refractivity contribution in [3.05, 3.63) is 18.2 Å². The first-order valence-electron chi connectivity index (χ1n) is 7.56. The zero-order valence-corrected chi connectivity index (χ0v) is 12.8. The smallest absolute Gasteiger partial charge is 0.221 e. The van der Waals surface area contributed by atoms with Crippen LogP contribution >= 0.6 is 0 Å². The maximum absolute atomic E-state index is 11.2. The minimum Gasteiger partial charge on any atom is -0.495 e. The molecule has 2 atom stereocenters. The molecular formula is C16H25N3O2. The first-order valence-corrected chi connectivity index (χ1v) is 7.56. The predicted octanol–water partition coefficient (Wildman–Crippen LogP) is 2.58. The quantitative estimate of drug-likeness (QED) is 0.779. The van der Waals surface area contributed by atoms with Crippen LogP contribution in [0.4, 0.5) is 11.4 Å². The van der Waals surface area contributed by atoms with Crippen molar-refractivity contribution in [2.24, 2.45) is 11.7 Å². The van der Waals surface area contributed by atoms with Crippen molar-refractivity contribution in [1.82, 2.24) is 0 Å². The van der Waals surface area contributed by atoms with Gasteiger partial charge in [0.05, 0.1) is 12.8 Å². The monoisotopic (exact) mass is 291 g/mol. The Kier molecular flexibility index (Phi) is 5.44. The molecule has 1 aromatic rings. The number of nitrogens with one attached hydrogen (secondary N) is 2. The van der Waals surface area contributed by atoms with E-state index in [1.807, 2.05) is 18.2 Å². The van der Waals surface area contributed by atoms with Crippen molar-refractivity contribution in [2.75, 3.05) is 24.3 Å². The number of benzene rings is 1. The normalized spacial score (nSPS) is 21.7. The summed E-state index contributed by atoms with van der Waals surface area (Å²) in [6.45, 7) is 2.20. The molecule has 0 aromatic heterocycles. The average Bonchev–Trinajstić information content (AvgIpc) is 2.47. The van der Waals surface area contributed by atoms with Crippen molar-refractivity contribution in [1.29, 1.82) is 0 Å². The minimum absolute atomic E-state index is 0.0800. The summed E-state index contributed by atoms with van der Waals surface area (Å²) in [4.78, 5) is 11.2. The number of anilines is 2. The molecule has 0 spiro atoms.